The number of fused-ring (bicyclic) bond motifs is 2. The zero-order valence-electron chi connectivity index (χ0n) is 10.1. The van der Waals surface area contributed by atoms with Crippen molar-refractivity contribution in [2.45, 2.75) is 58.4 Å². The van der Waals surface area contributed by atoms with Gasteiger partial charge in [-0.2, -0.15) is 0 Å². The Kier molecular flexibility index (Phi) is 2.88. The second kappa shape index (κ2) is 3.84. The molecule has 0 N–H and O–H groups in total. The molecule has 1 saturated carbocycles. The first-order valence-electron chi connectivity index (χ1n) is 6.31. The van der Waals surface area contributed by atoms with Crippen molar-refractivity contribution in [2.24, 2.45) is 11.8 Å². The molecular weight excluding hydrogens is 170 g/mol. The molecule has 0 amide bonds. The Morgan fingerprint density at radius 3 is 2.43 bits per heavy atom. The molecule has 0 aromatic carbocycles. The third kappa shape index (κ3) is 2.31. The Morgan fingerprint density at radius 1 is 1.00 bits per heavy atom. The van der Waals surface area contributed by atoms with Gasteiger partial charge >= 0.3 is 0 Å². The van der Waals surface area contributed by atoms with E-state index in [1.807, 2.05) is 0 Å². The second-order valence-electron chi connectivity index (χ2n) is 6.30. The topological polar surface area (TPSA) is 3.24 Å². The molecule has 2 aliphatic rings. The highest BCUT2D eigenvalue weighted by Gasteiger charge is 2.31. The van der Waals surface area contributed by atoms with Crippen LogP contribution in [0.4, 0.5) is 0 Å². The molecule has 0 aromatic rings. The molecule has 1 aliphatic heterocycles. The third-order valence-electron chi connectivity index (χ3n) is 4.13. The first-order valence-corrected chi connectivity index (χ1v) is 6.31. The summed E-state index contributed by atoms with van der Waals surface area (Å²) in [6.07, 6.45) is 7.46. The lowest BCUT2D eigenvalue weighted by atomic mass is 9.81. The van der Waals surface area contributed by atoms with Gasteiger partial charge < -0.3 is 0 Å². The predicted octanol–water partition coefficient (Wildman–Crippen LogP) is 3.30. The smallest absolute Gasteiger partial charge is 0.0125 e. The summed E-state index contributed by atoms with van der Waals surface area (Å²) in [6.45, 7) is 9.79. The highest BCUT2D eigenvalue weighted by atomic mass is 15.2. The molecule has 1 saturated heterocycles. The zero-order valence-corrected chi connectivity index (χ0v) is 10.1. The van der Waals surface area contributed by atoms with Gasteiger partial charge in [0.2, 0.25) is 0 Å². The van der Waals surface area contributed by atoms with Gasteiger partial charge in [-0.25, -0.2) is 0 Å². The van der Waals surface area contributed by atoms with Gasteiger partial charge in [0.25, 0.3) is 0 Å². The van der Waals surface area contributed by atoms with Crippen molar-refractivity contribution in [1.29, 1.82) is 0 Å². The molecule has 1 nitrogen and oxygen atoms in total. The fourth-order valence-corrected chi connectivity index (χ4v) is 3.18. The summed E-state index contributed by atoms with van der Waals surface area (Å²) in [6, 6.07) is 0. The fraction of sp³-hybridized carbons (Fsp3) is 1.00. The van der Waals surface area contributed by atoms with E-state index in [4.69, 9.17) is 0 Å². The Hall–Kier alpha value is -0.0400. The number of hydrogen-bond acceptors (Lipinski definition) is 1. The zero-order chi connectivity index (χ0) is 10.2. The van der Waals surface area contributed by atoms with Gasteiger partial charge in [0, 0.05) is 12.1 Å². The molecule has 0 radical (unpaired) electrons. The average molecular weight is 195 g/mol. The van der Waals surface area contributed by atoms with Crippen molar-refractivity contribution in [1.82, 2.24) is 4.90 Å². The van der Waals surface area contributed by atoms with Crippen molar-refractivity contribution in [3.05, 3.63) is 0 Å². The monoisotopic (exact) mass is 195 g/mol. The molecule has 1 heteroatoms. The predicted molar refractivity (Wildman–Crippen MR) is 61.4 cm³/mol. The highest BCUT2D eigenvalue weighted by Crippen LogP contribution is 2.36. The maximum absolute atomic E-state index is 2.71. The fourth-order valence-electron chi connectivity index (χ4n) is 3.18. The molecular formula is C13H25N. The van der Waals surface area contributed by atoms with Crippen molar-refractivity contribution < 1.29 is 0 Å². The van der Waals surface area contributed by atoms with Gasteiger partial charge in [0.15, 0.2) is 0 Å². The van der Waals surface area contributed by atoms with E-state index in [0.29, 0.717) is 5.54 Å². The Morgan fingerprint density at radius 2 is 1.71 bits per heavy atom. The summed E-state index contributed by atoms with van der Waals surface area (Å²) in [7, 11) is 0. The van der Waals surface area contributed by atoms with Gasteiger partial charge in [-0.1, -0.05) is 12.8 Å². The number of rotatable bonds is 0. The van der Waals surface area contributed by atoms with Crippen LogP contribution in [-0.2, 0) is 0 Å². The first-order chi connectivity index (χ1) is 6.55. The van der Waals surface area contributed by atoms with Gasteiger partial charge in [0.05, 0.1) is 0 Å². The van der Waals surface area contributed by atoms with Crippen LogP contribution in [0.3, 0.4) is 0 Å². The largest absolute Gasteiger partial charge is 0.298 e. The summed E-state index contributed by atoms with van der Waals surface area (Å²) in [5, 5.41) is 0. The van der Waals surface area contributed by atoms with Crippen molar-refractivity contribution in [2.75, 3.05) is 13.1 Å². The van der Waals surface area contributed by atoms with E-state index >= 15 is 0 Å². The van der Waals surface area contributed by atoms with Crippen LogP contribution in [0.25, 0.3) is 0 Å². The highest BCUT2D eigenvalue weighted by molar-refractivity contribution is 4.85. The van der Waals surface area contributed by atoms with E-state index in [9.17, 15) is 0 Å². The maximum Gasteiger partial charge on any atom is 0.0125 e. The molecule has 0 unspecified atom stereocenters. The Bertz CT molecular complexity index is 192. The second-order valence-corrected chi connectivity index (χ2v) is 6.30. The van der Waals surface area contributed by atoms with Crippen molar-refractivity contribution >= 4 is 0 Å². The minimum Gasteiger partial charge on any atom is -0.298 e. The lowest BCUT2D eigenvalue weighted by molar-refractivity contribution is 0.121. The Balaban J connectivity index is 2.02. The van der Waals surface area contributed by atoms with Crippen LogP contribution >= 0.6 is 0 Å². The van der Waals surface area contributed by atoms with Gasteiger partial charge in [-0.15, -0.1) is 0 Å². The summed E-state index contributed by atoms with van der Waals surface area (Å²) in [5.74, 6) is 2.07. The van der Waals surface area contributed by atoms with Crippen LogP contribution in [0.1, 0.15) is 52.9 Å². The molecule has 2 atom stereocenters. The maximum atomic E-state index is 2.71. The van der Waals surface area contributed by atoms with E-state index in [0.717, 1.165) is 11.8 Å². The molecule has 1 aliphatic carbocycles. The van der Waals surface area contributed by atoms with Crippen LogP contribution in [0, 0.1) is 11.8 Å². The molecule has 0 aromatic heterocycles. The number of hydrogen-bond donors (Lipinski definition) is 0. The summed E-state index contributed by atoms with van der Waals surface area (Å²) in [5.41, 5.74) is 0.386. The molecule has 0 spiro atoms. The minimum atomic E-state index is 0.386. The molecule has 2 bridgehead atoms. The Labute approximate surface area is 88.9 Å². The van der Waals surface area contributed by atoms with Crippen LogP contribution in [0.5, 0.6) is 0 Å². The van der Waals surface area contributed by atoms with E-state index in [1.54, 1.807) is 0 Å². The summed E-state index contributed by atoms with van der Waals surface area (Å²) in [4.78, 5) is 2.71. The van der Waals surface area contributed by atoms with E-state index in [-0.39, 0.29) is 0 Å². The minimum absolute atomic E-state index is 0.386. The SMILES string of the molecule is CC(C)(C)N1CC[C@@H]2CCC[C@@H](C2)C1. The van der Waals surface area contributed by atoms with E-state index < -0.39 is 0 Å². The average Bonchev–Trinajstić information content (AvgIpc) is 2.24. The van der Waals surface area contributed by atoms with Crippen molar-refractivity contribution in [3.63, 3.8) is 0 Å². The first kappa shape index (κ1) is 10.5. The lowest BCUT2D eigenvalue weighted by Crippen LogP contribution is -2.43. The van der Waals surface area contributed by atoms with Gasteiger partial charge in [-0.05, 0) is 58.4 Å². The molecule has 2 rings (SSSR count). The van der Waals surface area contributed by atoms with Gasteiger partial charge in [-0.3, -0.25) is 4.90 Å². The van der Waals surface area contributed by atoms with Crippen LogP contribution in [-0.4, -0.2) is 23.5 Å². The normalized spacial score (nSPS) is 35.4. The molecule has 2 fully saturated rings. The van der Waals surface area contributed by atoms with Crippen LogP contribution in [0.15, 0.2) is 0 Å². The molecule has 14 heavy (non-hydrogen) atoms. The van der Waals surface area contributed by atoms with Crippen molar-refractivity contribution in [3.8, 4) is 0 Å². The van der Waals surface area contributed by atoms with Gasteiger partial charge in [0.1, 0.15) is 0 Å². The summed E-state index contributed by atoms with van der Waals surface area (Å²) >= 11 is 0. The van der Waals surface area contributed by atoms with E-state index in [1.165, 1.54) is 45.2 Å². The van der Waals surface area contributed by atoms with E-state index in [2.05, 4.69) is 25.7 Å². The van der Waals surface area contributed by atoms with Crippen LogP contribution in [0.2, 0.25) is 0 Å². The number of nitrogens with zero attached hydrogens (tertiary/aromatic N) is 1. The quantitative estimate of drug-likeness (QED) is 0.573. The van der Waals surface area contributed by atoms with Crippen LogP contribution < -0.4 is 0 Å². The third-order valence-corrected chi connectivity index (χ3v) is 4.13. The summed E-state index contributed by atoms with van der Waals surface area (Å²) < 4.78 is 0. The molecule has 82 valence electrons. The standard InChI is InChI=1S/C13H25N/c1-13(2,3)14-8-7-11-5-4-6-12(9-11)10-14/h11-12H,4-10H2,1-3H3/t11-,12-/m0/s1. The lowest BCUT2D eigenvalue weighted by Gasteiger charge is -2.36. The number of likely N-dealkylation sites (tertiary alicyclic amines) is 1. The molecule has 1 heterocycles.